The zero-order chi connectivity index (χ0) is 16.1. The van der Waals surface area contributed by atoms with Gasteiger partial charge in [-0.25, -0.2) is 0 Å². The number of rotatable bonds is 5. The Bertz CT molecular complexity index is 393. The molecule has 3 rings (SSSR count). The maximum Gasteiger partial charge on any atom is 0.227 e. The summed E-state index contributed by atoms with van der Waals surface area (Å²) in [6.07, 6.45) is 9.09. The van der Waals surface area contributed by atoms with Crippen molar-refractivity contribution in [2.75, 3.05) is 18.9 Å². The molecule has 1 saturated heterocycles. The molecule has 0 aromatic heterocycles. The van der Waals surface area contributed by atoms with Gasteiger partial charge in [0, 0.05) is 17.7 Å². The van der Waals surface area contributed by atoms with Gasteiger partial charge in [-0.1, -0.05) is 25.7 Å². The molecule has 0 aromatic rings. The number of amides is 1. The van der Waals surface area contributed by atoms with Crippen molar-refractivity contribution < 1.29 is 9.53 Å². The van der Waals surface area contributed by atoms with E-state index in [9.17, 15) is 4.79 Å². The molecule has 0 aromatic carbocycles. The number of hydrogen-bond acceptors (Lipinski definition) is 4. The third-order valence-corrected chi connectivity index (χ3v) is 7.00. The summed E-state index contributed by atoms with van der Waals surface area (Å²) in [4.78, 5) is 12.6. The molecule has 2 N–H and O–H groups in total. The predicted octanol–water partition coefficient (Wildman–Crippen LogP) is 3.10. The lowest BCUT2D eigenvalue weighted by atomic mass is 9.85. The largest absolute Gasteiger partial charge is 0.377 e. The molecule has 6 heteroatoms. The van der Waals surface area contributed by atoms with E-state index in [1.54, 1.807) is 11.8 Å². The second-order valence-corrected chi connectivity index (χ2v) is 8.81. The Labute approximate surface area is 148 Å². The molecule has 2 saturated carbocycles. The van der Waals surface area contributed by atoms with E-state index in [-0.39, 0.29) is 28.8 Å². The lowest BCUT2D eigenvalue weighted by Crippen LogP contribution is -2.47. The Kier molecular flexibility index (Phi) is 6.93. The first kappa shape index (κ1) is 17.8. The third-order valence-electron chi connectivity index (χ3n) is 5.37. The summed E-state index contributed by atoms with van der Waals surface area (Å²) < 4.78 is 6.22. The van der Waals surface area contributed by atoms with Gasteiger partial charge in [0.25, 0.3) is 0 Å². The minimum absolute atomic E-state index is 0.00381. The van der Waals surface area contributed by atoms with Gasteiger partial charge in [0.15, 0.2) is 0 Å². The highest BCUT2D eigenvalue weighted by molar-refractivity contribution is 8.00. The second kappa shape index (κ2) is 8.93. The highest BCUT2D eigenvalue weighted by Gasteiger charge is 2.34. The highest BCUT2D eigenvalue weighted by atomic mass is 35.5. The number of alkyl halides is 1. The molecule has 2 aliphatic carbocycles. The normalized spacial score (nSPS) is 38.4. The average Bonchev–Trinajstić information content (AvgIpc) is 3.07. The lowest BCUT2D eigenvalue weighted by Gasteiger charge is -2.34. The smallest absolute Gasteiger partial charge is 0.227 e. The standard InChI is InChI=1S/C17H29ClN2O2S/c18-14-7-3-1-5-12(14)11-22-15-8-4-2-6-13(15)16(21)20-17-19-9-10-23-17/h12-15,17,19H,1-11H2,(H,20,21). The highest BCUT2D eigenvalue weighted by Crippen LogP contribution is 2.32. The molecule has 3 fully saturated rings. The van der Waals surface area contributed by atoms with Gasteiger partial charge in [0.2, 0.25) is 5.91 Å². The molecule has 1 amide bonds. The maximum absolute atomic E-state index is 12.6. The van der Waals surface area contributed by atoms with Gasteiger partial charge in [-0.2, -0.15) is 0 Å². The van der Waals surface area contributed by atoms with Gasteiger partial charge >= 0.3 is 0 Å². The van der Waals surface area contributed by atoms with E-state index >= 15 is 0 Å². The first-order valence-electron chi connectivity index (χ1n) is 9.15. The summed E-state index contributed by atoms with van der Waals surface area (Å²) in [7, 11) is 0. The van der Waals surface area contributed by atoms with Crippen molar-refractivity contribution in [3.05, 3.63) is 0 Å². The number of ether oxygens (including phenoxy) is 1. The number of hydrogen-bond donors (Lipinski definition) is 2. The van der Waals surface area contributed by atoms with Crippen LogP contribution in [-0.4, -0.2) is 41.8 Å². The van der Waals surface area contributed by atoms with Crippen molar-refractivity contribution in [2.45, 2.75) is 68.3 Å². The summed E-state index contributed by atoms with van der Waals surface area (Å²) >= 11 is 8.21. The zero-order valence-corrected chi connectivity index (χ0v) is 15.3. The Hall–Kier alpha value is 0.0300. The molecular formula is C17H29ClN2O2S. The van der Waals surface area contributed by atoms with E-state index in [1.807, 2.05) is 0 Å². The third kappa shape index (κ3) is 5.00. The predicted molar refractivity (Wildman–Crippen MR) is 95.7 cm³/mol. The van der Waals surface area contributed by atoms with E-state index in [1.165, 1.54) is 25.7 Å². The van der Waals surface area contributed by atoms with Crippen molar-refractivity contribution in [3.8, 4) is 0 Å². The molecule has 1 aliphatic heterocycles. The van der Waals surface area contributed by atoms with Crippen LogP contribution in [0.5, 0.6) is 0 Å². The number of nitrogens with one attached hydrogen (secondary N) is 2. The van der Waals surface area contributed by atoms with E-state index in [0.717, 1.165) is 44.6 Å². The summed E-state index contributed by atoms with van der Waals surface area (Å²) in [6.45, 7) is 1.69. The van der Waals surface area contributed by atoms with E-state index in [4.69, 9.17) is 16.3 Å². The molecule has 0 radical (unpaired) electrons. The van der Waals surface area contributed by atoms with Gasteiger partial charge in [-0.15, -0.1) is 23.4 Å². The first-order chi connectivity index (χ1) is 11.2. The fraction of sp³-hybridized carbons (Fsp3) is 0.941. The van der Waals surface area contributed by atoms with Crippen LogP contribution in [-0.2, 0) is 9.53 Å². The minimum Gasteiger partial charge on any atom is -0.377 e. The van der Waals surface area contributed by atoms with Crippen molar-refractivity contribution in [2.24, 2.45) is 11.8 Å². The molecule has 1 heterocycles. The van der Waals surface area contributed by atoms with E-state index in [2.05, 4.69) is 10.6 Å². The number of carbonyl (C=O) groups is 1. The van der Waals surface area contributed by atoms with Crippen LogP contribution < -0.4 is 10.6 Å². The van der Waals surface area contributed by atoms with E-state index in [0.29, 0.717) is 5.92 Å². The summed E-state index contributed by atoms with van der Waals surface area (Å²) in [5.41, 5.74) is 0.0793. The van der Waals surface area contributed by atoms with Crippen LogP contribution in [0, 0.1) is 11.8 Å². The molecule has 23 heavy (non-hydrogen) atoms. The van der Waals surface area contributed by atoms with Crippen LogP contribution in [0.4, 0.5) is 0 Å². The van der Waals surface area contributed by atoms with Crippen LogP contribution in [0.1, 0.15) is 51.4 Å². The van der Waals surface area contributed by atoms with Crippen LogP contribution in [0.2, 0.25) is 0 Å². The van der Waals surface area contributed by atoms with Crippen LogP contribution >= 0.6 is 23.4 Å². The summed E-state index contributed by atoms with van der Waals surface area (Å²) in [5, 5.41) is 6.68. The Morgan fingerprint density at radius 3 is 2.74 bits per heavy atom. The van der Waals surface area contributed by atoms with E-state index < -0.39 is 0 Å². The SMILES string of the molecule is O=C(NC1NCCS1)C1CCCCC1OCC1CCCCC1Cl. The van der Waals surface area contributed by atoms with Gasteiger partial charge in [0.1, 0.15) is 5.50 Å². The van der Waals surface area contributed by atoms with Crippen molar-refractivity contribution in [1.82, 2.24) is 10.6 Å². The van der Waals surface area contributed by atoms with Crippen molar-refractivity contribution in [3.63, 3.8) is 0 Å². The fourth-order valence-corrected chi connectivity index (χ4v) is 5.21. The zero-order valence-electron chi connectivity index (χ0n) is 13.8. The van der Waals surface area contributed by atoms with Crippen molar-refractivity contribution in [1.29, 1.82) is 0 Å². The van der Waals surface area contributed by atoms with Gasteiger partial charge in [-0.3, -0.25) is 10.1 Å². The monoisotopic (exact) mass is 360 g/mol. The van der Waals surface area contributed by atoms with Gasteiger partial charge in [0.05, 0.1) is 18.6 Å². The first-order valence-corrected chi connectivity index (χ1v) is 10.6. The molecule has 0 spiro atoms. The fourth-order valence-electron chi connectivity index (χ4n) is 3.95. The molecular weight excluding hydrogens is 332 g/mol. The quantitative estimate of drug-likeness (QED) is 0.740. The molecule has 5 unspecified atom stereocenters. The molecule has 4 nitrogen and oxygen atoms in total. The number of halogens is 1. The summed E-state index contributed by atoms with van der Waals surface area (Å²) in [5.74, 6) is 1.69. The Morgan fingerprint density at radius 2 is 1.96 bits per heavy atom. The van der Waals surface area contributed by atoms with Crippen LogP contribution in [0.3, 0.4) is 0 Å². The second-order valence-electron chi connectivity index (χ2n) is 7.04. The number of carbonyl (C=O) groups excluding carboxylic acids is 1. The Morgan fingerprint density at radius 1 is 1.17 bits per heavy atom. The molecule has 3 aliphatic rings. The molecule has 0 bridgehead atoms. The minimum atomic E-state index is 0.00381. The van der Waals surface area contributed by atoms with Crippen molar-refractivity contribution >= 4 is 29.3 Å². The lowest BCUT2D eigenvalue weighted by molar-refractivity contribution is -0.133. The average molecular weight is 361 g/mol. The summed E-state index contributed by atoms with van der Waals surface area (Å²) in [6, 6.07) is 0. The maximum atomic E-state index is 12.6. The molecule has 5 atom stereocenters. The van der Waals surface area contributed by atoms with Crippen LogP contribution in [0.15, 0.2) is 0 Å². The molecule has 132 valence electrons. The van der Waals surface area contributed by atoms with Crippen LogP contribution in [0.25, 0.3) is 0 Å². The number of thioether (sulfide) groups is 1. The topological polar surface area (TPSA) is 50.4 Å². The van der Waals surface area contributed by atoms with Gasteiger partial charge in [-0.05, 0) is 31.6 Å². The Balaban J connectivity index is 1.50. The van der Waals surface area contributed by atoms with Gasteiger partial charge < -0.3 is 10.1 Å².